The number of nitrogens with two attached hydrogens (primary N) is 1. The van der Waals surface area contributed by atoms with Crippen LogP contribution in [0.3, 0.4) is 0 Å². The highest BCUT2D eigenvalue weighted by Crippen LogP contribution is 2.04. The first-order valence-electron chi connectivity index (χ1n) is 5.52. The maximum atomic E-state index is 10.5. The Hall–Kier alpha value is -1.11. The highest BCUT2D eigenvalue weighted by molar-refractivity contribution is 8.23. The Morgan fingerprint density at radius 1 is 1.44 bits per heavy atom. The Labute approximate surface area is 116 Å². The van der Waals surface area contributed by atoms with Crippen LogP contribution < -0.4 is 11.1 Å². The van der Waals surface area contributed by atoms with Crippen molar-refractivity contribution < 1.29 is 9.90 Å². The van der Waals surface area contributed by atoms with E-state index in [1.807, 2.05) is 18.2 Å². The number of carbonyl (C=O) groups is 1. The minimum atomic E-state index is -1.01. The van der Waals surface area contributed by atoms with Crippen molar-refractivity contribution in [1.29, 1.82) is 0 Å². The molecule has 0 aliphatic heterocycles. The molecule has 0 radical (unpaired) electrons. The van der Waals surface area contributed by atoms with Gasteiger partial charge in [-0.1, -0.05) is 54.3 Å². The van der Waals surface area contributed by atoms with Gasteiger partial charge in [0.15, 0.2) is 0 Å². The number of rotatable bonds is 6. The van der Waals surface area contributed by atoms with Crippen LogP contribution in [0.4, 0.5) is 0 Å². The molecule has 0 aliphatic carbocycles. The molecule has 0 spiro atoms. The number of carboxylic acid groups (broad SMARTS) is 1. The molecule has 0 heterocycles. The number of thiocarbonyl (C=S) groups is 1. The Morgan fingerprint density at radius 3 is 2.72 bits per heavy atom. The van der Waals surface area contributed by atoms with Gasteiger partial charge in [0.05, 0.1) is 0 Å². The smallest absolute Gasteiger partial charge is 0.321 e. The largest absolute Gasteiger partial charge is 0.480 e. The van der Waals surface area contributed by atoms with Gasteiger partial charge in [-0.15, -0.1) is 0 Å². The van der Waals surface area contributed by atoms with Gasteiger partial charge in [0, 0.05) is 12.3 Å². The van der Waals surface area contributed by atoms with E-state index >= 15 is 0 Å². The van der Waals surface area contributed by atoms with E-state index in [1.165, 1.54) is 17.3 Å². The minimum absolute atomic E-state index is 0.284. The summed E-state index contributed by atoms with van der Waals surface area (Å²) < 4.78 is 0.586. The van der Waals surface area contributed by atoms with Gasteiger partial charge in [-0.05, 0) is 12.0 Å². The molecule has 18 heavy (non-hydrogen) atoms. The molecule has 98 valence electrons. The van der Waals surface area contributed by atoms with Crippen LogP contribution in [0.5, 0.6) is 0 Å². The molecule has 1 aromatic carbocycles. The molecule has 0 unspecified atom stereocenters. The Bertz CT molecular complexity index is 398. The zero-order chi connectivity index (χ0) is 13.4. The minimum Gasteiger partial charge on any atom is -0.480 e. The second kappa shape index (κ2) is 8.07. The van der Waals surface area contributed by atoms with Crippen molar-refractivity contribution in [3.63, 3.8) is 0 Å². The molecule has 0 aromatic heterocycles. The summed E-state index contributed by atoms with van der Waals surface area (Å²) in [5.74, 6) is -0.721. The second-order valence-corrected chi connectivity index (χ2v) is 5.40. The lowest BCUT2D eigenvalue weighted by atomic mass is 10.2. The highest BCUT2D eigenvalue weighted by atomic mass is 32.2. The van der Waals surface area contributed by atoms with Crippen LogP contribution in [0, 0.1) is 0 Å². The van der Waals surface area contributed by atoms with Crippen molar-refractivity contribution in [2.75, 3.05) is 12.3 Å². The van der Waals surface area contributed by atoms with Crippen LogP contribution in [0.15, 0.2) is 30.3 Å². The summed E-state index contributed by atoms with van der Waals surface area (Å²) in [7, 11) is 0. The third-order valence-corrected chi connectivity index (χ3v) is 3.67. The number of aliphatic carboxylic acids is 1. The van der Waals surface area contributed by atoms with Gasteiger partial charge in [-0.3, -0.25) is 4.79 Å². The van der Waals surface area contributed by atoms with Crippen LogP contribution >= 0.6 is 24.0 Å². The van der Waals surface area contributed by atoms with E-state index in [4.69, 9.17) is 23.1 Å². The molecule has 0 fully saturated rings. The molecule has 0 bridgehead atoms. The van der Waals surface area contributed by atoms with Crippen LogP contribution in [-0.4, -0.2) is 33.7 Å². The number of hydrogen-bond acceptors (Lipinski definition) is 4. The molecule has 1 rings (SSSR count). The molecule has 0 saturated carbocycles. The predicted molar refractivity (Wildman–Crippen MR) is 78.8 cm³/mol. The second-order valence-electron chi connectivity index (χ2n) is 3.71. The van der Waals surface area contributed by atoms with Crippen molar-refractivity contribution in [2.45, 2.75) is 12.5 Å². The van der Waals surface area contributed by atoms with Crippen molar-refractivity contribution in [1.82, 2.24) is 5.32 Å². The Balaban J connectivity index is 2.16. The summed E-state index contributed by atoms with van der Waals surface area (Å²) in [6.45, 7) is 0.734. The van der Waals surface area contributed by atoms with E-state index in [1.54, 1.807) is 0 Å². The first kappa shape index (κ1) is 14.9. The number of carboxylic acids is 1. The number of thioether (sulfide) groups is 1. The third kappa shape index (κ3) is 6.00. The van der Waals surface area contributed by atoms with E-state index in [9.17, 15) is 4.79 Å². The van der Waals surface area contributed by atoms with Crippen molar-refractivity contribution in [3.8, 4) is 0 Å². The molecule has 0 aliphatic rings. The van der Waals surface area contributed by atoms with Gasteiger partial charge in [0.25, 0.3) is 0 Å². The van der Waals surface area contributed by atoms with Crippen molar-refractivity contribution in [2.24, 2.45) is 5.73 Å². The average Bonchev–Trinajstić information content (AvgIpc) is 2.37. The molecular weight excluding hydrogens is 268 g/mol. The SMILES string of the molecule is N[C@@H](CSC(=S)NCCc1ccccc1)C(=O)O. The zero-order valence-electron chi connectivity index (χ0n) is 9.83. The fourth-order valence-corrected chi connectivity index (χ4v) is 2.23. The lowest BCUT2D eigenvalue weighted by Gasteiger charge is -2.09. The zero-order valence-corrected chi connectivity index (χ0v) is 11.5. The first-order chi connectivity index (χ1) is 8.59. The molecule has 0 saturated heterocycles. The average molecular weight is 284 g/mol. The van der Waals surface area contributed by atoms with Crippen molar-refractivity contribution >= 4 is 34.3 Å². The molecular formula is C12H16N2O2S2. The van der Waals surface area contributed by atoms with Crippen LogP contribution in [0.25, 0.3) is 0 Å². The highest BCUT2D eigenvalue weighted by Gasteiger charge is 2.12. The van der Waals surface area contributed by atoms with Crippen LogP contribution in [0.2, 0.25) is 0 Å². The van der Waals surface area contributed by atoms with E-state index < -0.39 is 12.0 Å². The van der Waals surface area contributed by atoms with Gasteiger partial charge in [0.2, 0.25) is 0 Å². The lowest BCUT2D eigenvalue weighted by Crippen LogP contribution is -2.34. The molecule has 1 aromatic rings. The normalized spacial score (nSPS) is 11.8. The molecule has 4 nitrogen and oxygen atoms in total. The number of benzene rings is 1. The van der Waals surface area contributed by atoms with Gasteiger partial charge in [-0.25, -0.2) is 0 Å². The standard InChI is InChI=1S/C12H16N2O2S2/c13-10(11(15)16)8-18-12(17)14-7-6-9-4-2-1-3-5-9/h1-5,10H,6-8,13H2,(H,14,17)(H,15,16)/t10-/m0/s1. The molecule has 6 heteroatoms. The summed E-state index contributed by atoms with van der Waals surface area (Å²) in [6.07, 6.45) is 0.881. The fourth-order valence-electron chi connectivity index (χ4n) is 1.24. The number of nitrogens with one attached hydrogen (secondary N) is 1. The Morgan fingerprint density at radius 2 is 2.11 bits per heavy atom. The fraction of sp³-hybridized carbons (Fsp3) is 0.333. The van der Waals surface area contributed by atoms with E-state index in [0.717, 1.165) is 13.0 Å². The summed E-state index contributed by atoms with van der Waals surface area (Å²) >= 11 is 6.34. The van der Waals surface area contributed by atoms with Crippen LogP contribution in [0.1, 0.15) is 5.56 Å². The van der Waals surface area contributed by atoms with Crippen LogP contribution in [-0.2, 0) is 11.2 Å². The van der Waals surface area contributed by atoms with Gasteiger partial charge in [-0.2, -0.15) is 0 Å². The van der Waals surface area contributed by atoms with E-state index in [2.05, 4.69) is 17.4 Å². The molecule has 0 amide bonds. The quantitative estimate of drug-likeness (QED) is 0.683. The summed E-state index contributed by atoms with van der Waals surface area (Å²) in [5, 5.41) is 11.7. The van der Waals surface area contributed by atoms with E-state index in [0.29, 0.717) is 4.32 Å². The van der Waals surface area contributed by atoms with Gasteiger partial charge >= 0.3 is 5.97 Å². The maximum Gasteiger partial charge on any atom is 0.321 e. The third-order valence-electron chi connectivity index (χ3n) is 2.24. The summed E-state index contributed by atoms with van der Waals surface area (Å²) in [6, 6.07) is 9.20. The molecule has 1 atom stereocenters. The van der Waals surface area contributed by atoms with Gasteiger partial charge < -0.3 is 16.2 Å². The van der Waals surface area contributed by atoms with Gasteiger partial charge in [0.1, 0.15) is 10.4 Å². The number of hydrogen-bond donors (Lipinski definition) is 3. The first-order valence-corrected chi connectivity index (χ1v) is 6.92. The summed E-state index contributed by atoms with van der Waals surface area (Å²) in [5.41, 5.74) is 6.61. The van der Waals surface area contributed by atoms with Crippen molar-refractivity contribution in [3.05, 3.63) is 35.9 Å². The molecule has 4 N–H and O–H groups in total. The topological polar surface area (TPSA) is 75.3 Å². The lowest BCUT2D eigenvalue weighted by molar-refractivity contribution is -0.137. The Kier molecular flexibility index (Phi) is 6.70. The maximum absolute atomic E-state index is 10.5. The van der Waals surface area contributed by atoms with E-state index in [-0.39, 0.29) is 5.75 Å². The predicted octanol–water partition coefficient (Wildman–Crippen LogP) is 1.25. The monoisotopic (exact) mass is 284 g/mol. The summed E-state index contributed by atoms with van der Waals surface area (Å²) in [4.78, 5) is 10.5.